The third kappa shape index (κ3) is 9.72. The summed E-state index contributed by atoms with van der Waals surface area (Å²) in [5.74, 6) is -0.0850. The molecule has 33 heavy (non-hydrogen) atoms. The fraction of sp³-hybridized carbons (Fsp3) is 0.640. The van der Waals surface area contributed by atoms with Crippen molar-refractivity contribution in [2.24, 2.45) is 5.92 Å². The van der Waals surface area contributed by atoms with Gasteiger partial charge in [-0.25, -0.2) is 9.59 Å². The van der Waals surface area contributed by atoms with Crippen LogP contribution in [0.5, 0.6) is 0 Å². The van der Waals surface area contributed by atoms with Crippen LogP contribution >= 0.6 is 0 Å². The van der Waals surface area contributed by atoms with Crippen molar-refractivity contribution in [3.8, 4) is 0 Å². The Morgan fingerprint density at radius 1 is 1.12 bits per heavy atom. The van der Waals surface area contributed by atoms with E-state index in [-0.39, 0.29) is 30.6 Å². The van der Waals surface area contributed by atoms with Gasteiger partial charge in [-0.1, -0.05) is 44.2 Å². The number of ether oxygens (including phenoxy) is 2. The summed E-state index contributed by atoms with van der Waals surface area (Å²) in [6.07, 6.45) is 2.18. The Kier molecular flexibility index (Phi) is 10.0. The molecule has 2 rings (SSSR count). The van der Waals surface area contributed by atoms with Crippen molar-refractivity contribution >= 4 is 18.1 Å². The highest BCUT2D eigenvalue weighted by molar-refractivity contribution is 5.85. The van der Waals surface area contributed by atoms with Crippen LogP contribution in [0.4, 0.5) is 9.59 Å². The number of likely N-dealkylation sites (tertiary alicyclic amines) is 1. The van der Waals surface area contributed by atoms with Gasteiger partial charge in [-0.15, -0.1) is 0 Å². The third-order valence-corrected chi connectivity index (χ3v) is 5.30. The molecule has 1 aliphatic heterocycles. The average Bonchev–Trinajstić information content (AvgIpc) is 2.75. The summed E-state index contributed by atoms with van der Waals surface area (Å²) >= 11 is 0. The molecule has 0 aromatic heterocycles. The van der Waals surface area contributed by atoms with E-state index in [1.54, 1.807) is 4.90 Å². The van der Waals surface area contributed by atoms with Gasteiger partial charge < -0.3 is 25.0 Å². The first-order chi connectivity index (χ1) is 15.5. The van der Waals surface area contributed by atoms with Crippen molar-refractivity contribution < 1.29 is 23.9 Å². The predicted molar refractivity (Wildman–Crippen MR) is 127 cm³/mol. The highest BCUT2D eigenvalue weighted by atomic mass is 16.6. The van der Waals surface area contributed by atoms with Crippen molar-refractivity contribution in [2.45, 2.75) is 84.6 Å². The molecule has 1 aliphatic rings. The Morgan fingerprint density at radius 2 is 1.82 bits per heavy atom. The molecule has 8 nitrogen and oxygen atoms in total. The number of benzene rings is 1. The number of alkyl carbamates (subject to hydrolysis) is 1. The monoisotopic (exact) mass is 461 g/mol. The van der Waals surface area contributed by atoms with Crippen LogP contribution in [-0.2, 0) is 20.9 Å². The van der Waals surface area contributed by atoms with Crippen molar-refractivity contribution in [2.75, 3.05) is 13.1 Å². The van der Waals surface area contributed by atoms with Crippen LogP contribution in [0, 0.1) is 5.92 Å². The summed E-state index contributed by atoms with van der Waals surface area (Å²) in [6.45, 7) is 10.5. The zero-order valence-corrected chi connectivity index (χ0v) is 20.6. The van der Waals surface area contributed by atoms with Gasteiger partial charge in [0.25, 0.3) is 0 Å². The average molecular weight is 462 g/mol. The molecule has 2 atom stereocenters. The molecule has 0 radical (unpaired) electrons. The molecule has 1 saturated heterocycles. The van der Waals surface area contributed by atoms with Crippen LogP contribution in [0.25, 0.3) is 0 Å². The molecule has 184 valence electrons. The standard InChI is InChI=1S/C25H39N3O5/c1-18(2)15-21(27-23(30)32-17-19-11-7-6-8-12-19)22(29)26-16-20-13-9-10-14-28(20)24(31)33-25(3,4)5/h6-8,11-12,18,20-21H,9-10,13-17H2,1-5H3,(H,26,29)(H,27,30)/t20?,21-/m0/s1. The second-order valence-corrected chi connectivity index (χ2v) is 9.96. The first-order valence-corrected chi connectivity index (χ1v) is 11.8. The van der Waals surface area contributed by atoms with Crippen LogP contribution < -0.4 is 10.6 Å². The van der Waals surface area contributed by atoms with Crippen molar-refractivity contribution in [3.05, 3.63) is 35.9 Å². The van der Waals surface area contributed by atoms with Gasteiger partial charge in [0, 0.05) is 13.1 Å². The van der Waals surface area contributed by atoms with E-state index in [1.807, 2.05) is 65.0 Å². The van der Waals surface area contributed by atoms with Crippen molar-refractivity contribution in [1.82, 2.24) is 15.5 Å². The Balaban J connectivity index is 1.92. The second-order valence-electron chi connectivity index (χ2n) is 9.96. The fourth-order valence-corrected chi connectivity index (χ4v) is 3.73. The van der Waals surface area contributed by atoms with Crippen LogP contribution in [0.15, 0.2) is 30.3 Å². The topological polar surface area (TPSA) is 97.0 Å². The second kappa shape index (κ2) is 12.5. The number of hydrogen-bond donors (Lipinski definition) is 2. The minimum Gasteiger partial charge on any atom is -0.445 e. The lowest BCUT2D eigenvalue weighted by Crippen LogP contribution is -2.54. The Hall–Kier alpha value is -2.77. The quantitative estimate of drug-likeness (QED) is 0.604. The van der Waals surface area contributed by atoms with Gasteiger partial charge in [-0.05, 0) is 57.9 Å². The van der Waals surface area contributed by atoms with Crippen LogP contribution in [-0.4, -0.2) is 53.8 Å². The Bertz CT molecular complexity index is 776. The van der Waals surface area contributed by atoms with E-state index in [2.05, 4.69) is 10.6 Å². The first kappa shape index (κ1) is 26.5. The number of hydrogen-bond acceptors (Lipinski definition) is 5. The van der Waals surface area contributed by atoms with E-state index in [1.165, 1.54) is 0 Å². The molecule has 1 fully saturated rings. The summed E-state index contributed by atoms with van der Waals surface area (Å²) in [5, 5.41) is 5.62. The smallest absolute Gasteiger partial charge is 0.410 e. The van der Waals surface area contributed by atoms with Gasteiger partial charge >= 0.3 is 12.2 Å². The maximum atomic E-state index is 12.9. The summed E-state index contributed by atoms with van der Waals surface area (Å²) in [5.41, 5.74) is 0.298. The number of nitrogens with zero attached hydrogens (tertiary/aromatic N) is 1. The first-order valence-electron chi connectivity index (χ1n) is 11.8. The number of carbonyl (C=O) groups excluding carboxylic acids is 3. The summed E-state index contributed by atoms with van der Waals surface area (Å²) in [4.78, 5) is 39.5. The van der Waals surface area contributed by atoms with Gasteiger partial charge in [0.2, 0.25) is 5.91 Å². The van der Waals surface area contributed by atoms with Crippen molar-refractivity contribution in [3.63, 3.8) is 0 Å². The molecule has 0 saturated carbocycles. The predicted octanol–water partition coefficient (Wildman–Crippen LogP) is 4.23. The molecule has 1 unspecified atom stereocenters. The number of amides is 3. The van der Waals surface area contributed by atoms with Crippen molar-refractivity contribution in [1.29, 1.82) is 0 Å². The summed E-state index contributed by atoms with van der Waals surface area (Å²) < 4.78 is 10.8. The highest BCUT2D eigenvalue weighted by Crippen LogP contribution is 2.20. The number of rotatable bonds is 8. The van der Waals surface area contributed by atoms with E-state index in [0.717, 1.165) is 24.8 Å². The van der Waals surface area contributed by atoms with E-state index < -0.39 is 17.7 Å². The highest BCUT2D eigenvalue weighted by Gasteiger charge is 2.31. The summed E-state index contributed by atoms with van der Waals surface area (Å²) in [7, 11) is 0. The minimum absolute atomic E-state index is 0.135. The molecule has 3 amide bonds. The van der Waals surface area contributed by atoms with Crippen LogP contribution in [0.1, 0.15) is 65.9 Å². The number of piperidine rings is 1. The molecule has 0 spiro atoms. The zero-order chi connectivity index (χ0) is 24.4. The largest absolute Gasteiger partial charge is 0.445 e. The molecule has 1 aromatic carbocycles. The Morgan fingerprint density at radius 3 is 2.45 bits per heavy atom. The maximum Gasteiger partial charge on any atom is 0.410 e. The van der Waals surface area contributed by atoms with Gasteiger partial charge in [0.15, 0.2) is 0 Å². The molecular weight excluding hydrogens is 422 g/mol. The molecule has 1 heterocycles. The van der Waals surface area contributed by atoms with Gasteiger partial charge in [0.1, 0.15) is 18.2 Å². The molecule has 2 N–H and O–H groups in total. The minimum atomic E-state index is -0.716. The molecule has 1 aromatic rings. The van der Waals surface area contributed by atoms with Gasteiger partial charge in [-0.2, -0.15) is 0 Å². The molecular formula is C25H39N3O5. The summed E-state index contributed by atoms with van der Waals surface area (Å²) in [6, 6.07) is 8.52. The third-order valence-electron chi connectivity index (χ3n) is 5.30. The molecule has 0 bridgehead atoms. The Labute approximate surface area is 197 Å². The molecule has 0 aliphatic carbocycles. The lowest BCUT2D eigenvalue weighted by molar-refractivity contribution is -0.123. The fourth-order valence-electron chi connectivity index (χ4n) is 3.73. The molecule has 8 heteroatoms. The van der Waals surface area contributed by atoms with E-state index in [0.29, 0.717) is 19.5 Å². The van der Waals surface area contributed by atoms with E-state index in [9.17, 15) is 14.4 Å². The SMILES string of the molecule is CC(C)C[C@H](NC(=O)OCc1ccccc1)C(=O)NCC1CCCCN1C(=O)OC(C)(C)C. The van der Waals surface area contributed by atoms with E-state index in [4.69, 9.17) is 9.47 Å². The zero-order valence-electron chi connectivity index (χ0n) is 20.6. The lowest BCUT2D eigenvalue weighted by Gasteiger charge is -2.37. The van der Waals surface area contributed by atoms with Gasteiger partial charge in [0.05, 0.1) is 6.04 Å². The van der Waals surface area contributed by atoms with Gasteiger partial charge in [-0.3, -0.25) is 4.79 Å². The maximum absolute atomic E-state index is 12.9. The van der Waals surface area contributed by atoms with E-state index >= 15 is 0 Å². The number of carbonyl (C=O) groups is 3. The normalized spacial score (nSPS) is 17.3. The van der Waals surface area contributed by atoms with Crippen LogP contribution in [0.2, 0.25) is 0 Å². The van der Waals surface area contributed by atoms with Crippen LogP contribution in [0.3, 0.4) is 0 Å². The lowest BCUT2D eigenvalue weighted by atomic mass is 10.0. The number of nitrogens with one attached hydrogen (secondary N) is 2.